The molecular weight excluding hydrogens is 1040 g/mol. The number of nitrogens with one attached hydrogen (secondary N) is 9. The lowest BCUT2D eigenvalue weighted by Gasteiger charge is -2.29. The van der Waals surface area contributed by atoms with Crippen LogP contribution in [0.1, 0.15) is 137 Å². The van der Waals surface area contributed by atoms with Crippen molar-refractivity contribution in [1.82, 2.24) is 52.5 Å². The number of nitrogens with two attached hydrogens (primary N) is 7. The van der Waals surface area contributed by atoms with E-state index in [1.807, 2.05) is 20.8 Å². The van der Waals surface area contributed by atoms with Crippen LogP contribution < -0.4 is 82.7 Å². The molecule has 30 nitrogen and oxygen atoms in total. The molecule has 80 heavy (non-hydrogen) atoms. The van der Waals surface area contributed by atoms with E-state index in [-0.39, 0.29) is 108 Å². The number of amides is 8. The van der Waals surface area contributed by atoms with Crippen LogP contribution in [-0.4, -0.2) is 161 Å². The molecule has 0 aliphatic heterocycles. The SMILES string of the molecule is CCCC[C@H](NC(=O)[C@H](CCCN=C(N)N)NC(=O)[C@H](Cc1cnc[nH]1)NC(=O)[C@H](CCCN=C(N)N)NC(=O)[C@H](CCCCN)NC(C)=O)C(=O)N[C@H](C(=O)NC(CCC(C)C)C(=O)N[C@@H](CCCN=C(N)N)C(=O)O)C(C)C. The first-order chi connectivity index (χ1) is 37.8. The number of guanidine groups is 3. The largest absolute Gasteiger partial charge is 0.480 e. The first-order valence-corrected chi connectivity index (χ1v) is 27.3. The summed E-state index contributed by atoms with van der Waals surface area (Å²) < 4.78 is 0. The molecular formula is C50H92N20O10. The monoisotopic (exact) mass is 1130 g/mol. The summed E-state index contributed by atoms with van der Waals surface area (Å²) in [5.41, 5.74) is 39.0. The first kappa shape index (κ1) is 70.2. The number of carbonyl (C=O) groups excluding carboxylic acids is 8. The Hall–Kier alpha value is -7.79. The van der Waals surface area contributed by atoms with Gasteiger partial charge in [0, 0.05) is 44.9 Å². The quantitative estimate of drug-likeness (QED) is 0.0172. The second kappa shape index (κ2) is 38.7. The number of nitrogens with zero attached hydrogens (tertiary/aromatic N) is 4. The van der Waals surface area contributed by atoms with Crippen molar-refractivity contribution >= 4 is 71.1 Å². The van der Waals surface area contributed by atoms with Crippen LogP contribution in [0.4, 0.5) is 0 Å². The summed E-state index contributed by atoms with van der Waals surface area (Å²) in [4.78, 5) is 142. The molecule has 0 saturated carbocycles. The van der Waals surface area contributed by atoms with Crippen molar-refractivity contribution in [3.8, 4) is 0 Å². The summed E-state index contributed by atoms with van der Waals surface area (Å²) in [6.07, 6.45) is 6.14. The summed E-state index contributed by atoms with van der Waals surface area (Å²) >= 11 is 0. The number of aromatic nitrogens is 2. The molecule has 1 rings (SSSR count). The lowest BCUT2D eigenvalue weighted by Crippen LogP contribution is -2.61. The standard InChI is InChI=1S/C50H92N20O10/c1-7-8-14-33(44(76)70-39(29(4)5)46(78)67-36(20-19-28(2)3)43(75)68-37(47(79)80)18-13-24-61-50(56)57)64-41(73)34(16-11-22-59-48(52)53)66-45(77)38(25-31-26-58-27-62-31)69-42(74)35(17-12-23-60-49(54)55)65-40(72)32(63-30(6)71)15-9-10-21-51/h26-29,32-39H,7-25,51H2,1-6H3,(H,58,62)(H,63,71)(H,64,73)(H,65,72)(H,66,77)(H,67,78)(H,68,75)(H,69,74)(H,70,76)(H,79,80)(H4,52,53,59)(H4,54,55,60)(H4,56,57,61)/t32-,33-,34-,35-,36?,37-,38-,39-/m0/s1. The van der Waals surface area contributed by atoms with E-state index >= 15 is 0 Å². The maximum Gasteiger partial charge on any atom is 0.326 e. The zero-order valence-corrected chi connectivity index (χ0v) is 47.3. The third kappa shape index (κ3) is 29.8. The minimum atomic E-state index is -1.41. The molecule has 8 atom stereocenters. The molecule has 0 aromatic carbocycles. The van der Waals surface area contributed by atoms with E-state index in [1.54, 1.807) is 13.8 Å². The third-order valence-electron chi connectivity index (χ3n) is 12.4. The van der Waals surface area contributed by atoms with Gasteiger partial charge in [-0.1, -0.05) is 47.5 Å². The van der Waals surface area contributed by atoms with Gasteiger partial charge in [-0.3, -0.25) is 53.3 Å². The molecule has 1 heterocycles. The topological polar surface area (TPSA) is 518 Å². The molecule has 24 N–H and O–H groups in total. The highest BCUT2D eigenvalue weighted by Crippen LogP contribution is 2.13. The van der Waals surface area contributed by atoms with Gasteiger partial charge in [0.15, 0.2) is 17.9 Å². The average Bonchev–Trinajstić information content (AvgIpc) is 3.90. The van der Waals surface area contributed by atoms with Crippen LogP contribution in [0.15, 0.2) is 27.5 Å². The van der Waals surface area contributed by atoms with Gasteiger partial charge in [0.05, 0.1) is 6.33 Å². The van der Waals surface area contributed by atoms with Gasteiger partial charge in [-0.15, -0.1) is 0 Å². The minimum Gasteiger partial charge on any atom is -0.480 e. The number of unbranched alkanes of at least 4 members (excludes halogenated alkanes) is 2. The van der Waals surface area contributed by atoms with Crippen LogP contribution in [0.2, 0.25) is 0 Å². The van der Waals surface area contributed by atoms with Gasteiger partial charge in [0.2, 0.25) is 47.3 Å². The number of aliphatic carboxylic acids is 1. The molecule has 0 bridgehead atoms. The fourth-order valence-corrected chi connectivity index (χ4v) is 8.00. The van der Waals surface area contributed by atoms with Crippen LogP contribution in [0.5, 0.6) is 0 Å². The summed E-state index contributed by atoms with van der Waals surface area (Å²) in [5.74, 6) is -8.18. The predicted molar refractivity (Wildman–Crippen MR) is 302 cm³/mol. The number of imidazole rings is 1. The lowest BCUT2D eigenvalue weighted by atomic mass is 9.99. The molecule has 0 aliphatic rings. The van der Waals surface area contributed by atoms with Crippen LogP contribution in [0, 0.1) is 11.8 Å². The van der Waals surface area contributed by atoms with Gasteiger partial charge in [0.25, 0.3) is 0 Å². The van der Waals surface area contributed by atoms with Crippen molar-refractivity contribution < 1.29 is 48.3 Å². The number of aromatic amines is 1. The van der Waals surface area contributed by atoms with Crippen molar-refractivity contribution in [2.24, 2.45) is 66.9 Å². The second-order valence-corrected chi connectivity index (χ2v) is 20.2. The van der Waals surface area contributed by atoms with E-state index in [2.05, 4.69) is 67.5 Å². The fourth-order valence-electron chi connectivity index (χ4n) is 8.00. The molecule has 1 aromatic heterocycles. The van der Waals surface area contributed by atoms with Crippen molar-refractivity contribution in [3.05, 3.63) is 18.2 Å². The number of hydrogen-bond acceptors (Lipinski definition) is 14. The average molecular weight is 1130 g/mol. The first-order valence-electron chi connectivity index (χ1n) is 27.3. The highest BCUT2D eigenvalue weighted by molar-refractivity contribution is 5.98. The Labute approximate surface area is 468 Å². The highest BCUT2D eigenvalue weighted by Gasteiger charge is 2.35. The summed E-state index contributed by atoms with van der Waals surface area (Å²) in [7, 11) is 0. The maximum atomic E-state index is 14.5. The number of carboxylic acids is 1. The number of H-pyrrole nitrogens is 1. The van der Waals surface area contributed by atoms with Gasteiger partial charge in [-0.2, -0.15) is 0 Å². The summed E-state index contributed by atoms with van der Waals surface area (Å²) in [6, 6.07) is -10.1. The number of aliphatic imine (C=N–C) groups is 3. The molecule has 8 amide bonds. The molecule has 1 unspecified atom stereocenters. The third-order valence-corrected chi connectivity index (χ3v) is 12.4. The molecule has 30 heteroatoms. The van der Waals surface area contributed by atoms with Crippen molar-refractivity contribution in [2.75, 3.05) is 26.2 Å². The molecule has 0 radical (unpaired) electrons. The lowest BCUT2D eigenvalue weighted by molar-refractivity contribution is -0.142. The Bertz CT molecular complexity index is 2200. The van der Waals surface area contributed by atoms with E-state index in [0.717, 1.165) is 0 Å². The molecule has 0 fully saturated rings. The van der Waals surface area contributed by atoms with Crippen LogP contribution in [0.25, 0.3) is 0 Å². The van der Waals surface area contributed by atoms with E-state index in [9.17, 15) is 48.3 Å². The van der Waals surface area contributed by atoms with E-state index in [4.69, 9.17) is 40.1 Å². The molecule has 0 saturated heterocycles. The predicted octanol–water partition coefficient (Wildman–Crippen LogP) is -3.49. The Morgan fingerprint density at radius 1 is 0.512 bits per heavy atom. The zero-order valence-electron chi connectivity index (χ0n) is 47.3. The Kier molecular flexibility index (Phi) is 34.0. The molecule has 452 valence electrons. The van der Waals surface area contributed by atoms with Gasteiger partial charge in [-0.25, -0.2) is 9.78 Å². The fraction of sp³-hybridized carbons (Fsp3) is 0.700. The number of rotatable bonds is 41. The van der Waals surface area contributed by atoms with Crippen LogP contribution >= 0.6 is 0 Å². The number of carbonyl (C=O) groups is 9. The van der Waals surface area contributed by atoms with E-state index in [1.165, 1.54) is 19.4 Å². The molecule has 1 aromatic rings. The maximum absolute atomic E-state index is 14.5. The Balaban J connectivity index is 3.62. The number of hydrogen-bond donors (Lipinski definition) is 17. The van der Waals surface area contributed by atoms with Crippen molar-refractivity contribution in [2.45, 2.75) is 186 Å². The molecule has 0 spiro atoms. The summed E-state index contributed by atoms with van der Waals surface area (Å²) in [5, 5.41) is 31.3. The zero-order chi connectivity index (χ0) is 60.3. The highest BCUT2D eigenvalue weighted by atomic mass is 16.4. The minimum absolute atomic E-state index is 0.00747. The smallest absolute Gasteiger partial charge is 0.326 e. The normalized spacial score (nSPS) is 14.0. The number of carboxylic acid groups (broad SMARTS) is 1. The molecule has 0 aliphatic carbocycles. The Morgan fingerprint density at radius 2 is 0.900 bits per heavy atom. The van der Waals surface area contributed by atoms with Crippen LogP contribution in [0.3, 0.4) is 0 Å². The van der Waals surface area contributed by atoms with Gasteiger partial charge in [-0.05, 0) is 95.4 Å². The Morgan fingerprint density at radius 3 is 1.30 bits per heavy atom. The van der Waals surface area contributed by atoms with Crippen molar-refractivity contribution in [3.63, 3.8) is 0 Å². The van der Waals surface area contributed by atoms with Gasteiger partial charge in [0.1, 0.15) is 48.3 Å². The van der Waals surface area contributed by atoms with Gasteiger partial charge < -0.3 is 92.8 Å². The van der Waals surface area contributed by atoms with Crippen molar-refractivity contribution in [1.29, 1.82) is 0 Å². The second-order valence-electron chi connectivity index (χ2n) is 20.2. The van der Waals surface area contributed by atoms with E-state index in [0.29, 0.717) is 44.3 Å². The van der Waals surface area contributed by atoms with Gasteiger partial charge >= 0.3 is 5.97 Å². The summed E-state index contributed by atoms with van der Waals surface area (Å²) in [6.45, 7) is 10.9. The van der Waals surface area contributed by atoms with Crippen LogP contribution in [-0.2, 0) is 49.6 Å². The van der Waals surface area contributed by atoms with E-state index < -0.39 is 107 Å².